The van der Waals surface area contributed by atoms with Crippen molar-refractivity contribution in [2.75, 3.05) is 11.4 Å². The lowest BCUT2D eigenvalue weighted by molar-refractivity contribution is 0.199. The van der Waals surface area contributed by atoms with Gasteiger partial charge in [0.15, 0.2) is 0 Å². The summed E-state index contributed by atoms with van der Waals surface area (Å²) in [5, 5.41) is 9.56. The van der Waals surface area contributed by atoms with E-state index in [1.165, 1.54) is 38.5 Å². The molecule has 3 rings (SSSR count). The number of anilines is 1. The molecule has 2 unspecified atom stereocenters. The summed E-state index contributed by atoms with van der Waals surface area (Å²) < 4.78 is 0. The first-order valence-corrected chi connectivity index (χ1v) is 7.66. The van der Waals surface area contributed by atoms with E-state index in [1.807, 2.05) is 12.3 Å². The maximum absolute atomic E-state index is 9.56. The highest BCUT2D eigenvalue weighted by Crippen LogP contribution is 2.37. The second-order valence-electron chi connectivity index (χ2n) is 6.07. The first-order chi connectivity index (χ1) is 9.25. The molecule has 0 aromatic carbocycles. The predicted molar refractivity (Wildman–Crippen MR) is 77.2 cm³/mol. The molecule has 1 aliphatic heterocycles. The Labute approximate surface area is 115 Å². The second-order valence-corrected chi connectivity index (χ2v) is 6.07. The zero-order chi connectivity index (χ0) is 13.2. The molecule has 0 bridgehead atoms. The van der Waals surface area contributed by atoms with Crippen molar-refractivity contribution in [1.29, 1.82) is 0 Å². The number of rotatable bonds is 2. The van der Waals surface area contributed by atoms with Gasteiger partial charge in [0.2, 0.25) is 0 Å². The molecule has 1 aromatic rings. The lowest BCUT2D eigenvalue weighted by Gasteiger charge is -2.44. The quantitative estimate of drug-likeness (QED) is 0.886. The Morgan fingerprint density at radius 2 is 2.00 bits per heavy atom. The maximum atomic E-state index is 9.56. The van der Waals surface area contributed by atoms with Gasteiger partial charge in [0.25, 0.3) is 0 Å². The van der Waals surface area contributed by atoms with Crippen LogP contribution >= 0.6 is 0 Å². The van der Waals surface area contributed by atoms with E-state index < -0.39 is 6.10 Å². The fraction of sp³-hybridized carbons (Fsp3) is 0.688. The summed E-state index contributed by atoms with van der Waals surface area (Å²) in [6.07, 6.45) is 9.58. The Balaban J connectivity index is 1.79. The number of pyridine rings is 1. The Hall–Kier alpha value is -1.09. The number of nitrogens with zero attached hydrogens (tertiary/aromatic N) is 2. The van der Waals surface area contributed by atoms with Gasteiger partial charge in [-0.25, -0.2) is 4.98 Å². The van der Waals surface area contributed by atoms with Gasteiger partial charge in [-0.15, -0.1) is 0 Å². The minimum Gasteiger partial charge on any atom is -0.389 e. The molecular formula is C16H24N2O. The van der Waals surface area contributed by atoms with Gasteiger partial charge in [-0.2, -0.15) is 0 Å². The van der Waals surface area contributed by atoms with Gasteiger partial charge in [-0.1, -0.05) is 18.9 Å². The fourth-order valence-electron chi connectivity index (χ4n) is 3.72. The SMILES string of the molecule is C[C@@H](O)c1ccc(N2CCCC3CCCCC32)nc1. The molecule has 3 nitrogen and oxygen atoms in total. The summed E-state index contributed by atoms with van der Waals surface area (Å²) in [5.41, 5.74) is 0.904. The van der Waals surface area contributed by atoms with Gasteiger partial charge in [-0.3, -0.25) is 0 Å². The number of fused-ring (bicyclic) bond motifs is 1. The van der Waals surface area contributed by atoms with Crippen LogP contribution in [0.25, 0.3) is 0 Å². The highest BCUT2D eigenvalue weighted by Gasteiger charge is 2.33. The van der Waals surface area contributed by atoms with Crippen LogP contribution in [0.15, 0.2) is 18.3 Å². The van der Waals surface area contributed by atoms with E-state index in [0.29, 0.717) is 6.04 Å². The average molecular weight is 260 g/mol. The largest absolute Gasteiger partial charge is 0.389 e. The zero-order valence-electron chi connectivity index (χ0n) is 11.8. The summed E-state index contributed by atoms with van der Waals surface area (Å²) >= 11 is 0. The van der Waals surface area contributed by atoms with Crippen molar-refractivity contribution in [3.05, 3.63) is 23.9 Å². The molecule has 104 valence electrons. The van der Waals surface area contributed by atoms with Crippen molar-refractivity contribution in [3.8, 4) is 0 Å². The van der Waals surface area contributed by atoms with Crippen molar-refractivity contribution in [2.45, 2.75) is 57.6 Å². The molecule has 0 amide bonds. The van der Waals surface area contributed by atoms with Gasteiger partial charge in [0.1, 0.15) is 5.82 Å². The van der Waals surface area contributed by atoms with Crippen LogP contribution in [0.5, 0.6) is 0 Å². The lowest BCUT2D eigenvalue weighted by Crippen LogP contribution is -2.47. The highest BCUT2D eigenvalue weighted by atomic mass is 16.3. The third-order valence-electron chi connectivity index (χ3n) is 4.79. The summed E-state index contributed by atoms with van der Waals surface area (Å²) in [6.45, 7) is 2.93. The van der Waals surface area contributed by atoms with Crippen LogP contribution in [0.1, 0.15) is 57.1 Å². The Morgan fingerprint density at radius 1 is 1.21 bits per heavy atom. The van der Waals surface area contributed by atoms with Gasteiger partial charge < -0.3 is 10.0 Å². The topological polar surface area (TPSA) is 36.4 Å². The maximum Gasteiger partial charge on any atom is 0.128 e. The Bertz CT molecular complexity index is 413. The fourth-order valence-corrected chi connectivity index (χ4v) is 3.72. The van der Waals surface area contributed by atoms with E-state index in [-0.39, 0.29) is 0 Å². The van der Waals surface area contributed by atoms with Gasteiger partial charge in [0.05, 0.1) is 6.10 Å². The summed E-state index contributed by atoms with van der Waals surface area (Å²) in [6, 6.07) is 4.80. The number of aliphatic hydroxyl groups excluding tert-OH is 1. The molecule has 1 aromatic heterocycles. The first kappa shape index (κ1) is 12.9. The molecule has 1 N–H and O–H groups in total. The zero-order valence-corrected chi connectivity index (χ0v) is 11.8. The third-order valence-corrected chi connectivity index (χ3v) is 4.79. The first-order valence-electron chi connectivity index (χ1n) is 7.66. The number of aromatic nitrogens is 1. The van der Waals surface area contributed by atoms with Crippen LogP contribution in [0.2, 0.25) is 0 Å². The van der Waals surface area contributed by atoms with Gasteiger partial charge in [0, 0.05) is 18.8 Å². The van der Waals surface area contributed by atoms with E-state index in [2.05, 4.69) is 16.0 Å². The van der Waals surface area contributed by atoms with Crippen molar-refractivity contribution >= 4 is 5.82 Å². The van der Waals surface area contributed by atoms with Crippen LogP contribution in [0.3, 0.4) is 0 Å². The van der Waals surface area contributed by atoms with Crippen molar-refractivity contribution in [1.82, 2.24) is 4.98 Å². The van der Waals surface area contributed by atoms with E-state index in [9.17, 15) is 5.11 Å². The van der Waals surface area contributed by atoms with Crippen molar-refractivity contribution in [2.24, 2.45) is 5.92 Å². The highest BCUT2D eigenvalue weighted by molar-refractivity contribution is 5.42. The van der Waals surface area contributed by atoms with E-state index in [0.717, 1.165) is 23.8 Å². The molecule has 19 heavy (non-hydrogen) atoms. The molecule has 2 aliphatic rings. The van der Waals surface area contributed by atoms with Crippen LogP contribution < -0.4 is 4.90 Å². The number of hydrogen-bond donors (Lipinski definition) is 1. The van der Waals surface area contributed by atoms with Crippen molar-refractivity contribution < 1.29 is 5.11 Å². The Kier molecular flexibility index (Phi) is 3.74. The minimum atomic E-state index is -0.426. The molecule has 2 heterocycles. The van der Waals surface area contributed by atoms with E-state index >= 15 is 0 Å². The van der Waals surface area contributed by atoms with Gasteiger partial charge >= 0.3 is 0 Å². The predicted octanol–water partition coefficient (Wildman–Crippen LogP) is 3.29. The molecule has 3 heteroatoms. The van der Waals surface area contributed by atoms with Crippen LogP contribution in [0, 0.1) is 5.92 Å². The number of aliphatic hydroxyl groups is 1. The molecule has 1 saturated carbocycles. The number of piperidine rings is 1. The smallest absolute Gasteiger partial charge is 0.128 e. The van der Waals surface area contributed by atoms with E-state index in [4.69, 9.17) is 0 Å². The van der Waals surface area contributed by atoms with Crippen LogP contribution in [-0.4, -0.2) is 22.7 Å². The second kappa shape index (κ2) is 5.49. The average Bonchev–Trinajstić information content (AvgIpc) is 2.47. The lowest BCUT2D eigenvalue weighted by atomic mass is 9.78. The monoisotopic (exact) mass is 260 g/mol. The minimum absolute atomic E-state index is 0.426. The summed E-state index contributed by atoms with van der Waals surface area (Å²) in [4.78, 5) is 7.09. The molecule has 3 atom stereocenters. The molecule has 0 spiro atoms. The number of hydrogen-bond acceptors (Lipinski definition) is 3. The van der Waals surface area contributed by atoms with Crippen molar-refractivity contribution in [3.63, 3.8) is 0 Å². The molecule has 1 saturated heterocycles. The van der Waals surface area contributed by atoms with Crippen LogP contribution in [-0.2, 0) is 0 Å². The standard InChI is InChI=1S/C16H24N2O/c1-12(19)14-8-9-16(17-11-14)18-10-4-6-13-5-2-3-7-15(13)18/h8-9,11-13,15,19H,2-7,10H2,1H3/t12-,13?,15?/m1/s1. The molecular weight excluding hydrogens is 236 g/mol. The molecule has 2 fully saturated rings. The normalized spacial score (nSPS) is 28.8. The van der Waals surface area contributed by atoms with E-state index in [1.54, 1.807) is 6.92 Å². The van der Waals surface area contributed by atoms with Crippen LogP contribution in [0.4, 0.5) is 5.82 Å². The summed E-state index contributed by atoms with van der Waals surface area (Å²) in [5.74, 6) is 1.97. The van der Waals surface area contributed by atoms with Gasteiger partial charge in [-0.05, 0) is 50.2 Å². The third kappa shape index (κ3) is 2.62. The molecule has 1 aliphatic carbocycles. The summed E-state index contributed by atoms with van der Waals surface area (Å²) in [7, 11) is 0. The Morgan fingerprint density at radius 3 is 2.74 bits per heavy atom. The molecule has 0 radical (unpaired) electrons.